The van der Waals surface area contributed by atoms with Crippen molar-refractivity contribution < 1.29 is 28.6 Å². The van der Waals surface area contributed by atoms with E-state index in [9.17, 15) is 14.4 Å². The number of allylic oxidation sites excluding steroid dienone is 14. The minimum absolute atomic E-state index is 0.0891. The number of hydrogen-bond acceptors (Lipinski definition) is 6. The Morgan fingerprint density at radius 3 is 0.969 bits per heavy atom. The molecule has 0 aliphatic rings. The van der Waals surface area contributed by atoms with Gasteiger partial charge in [-0.3, -0.25) is 14.4 Å². The summed E-state index contributed by atoms with van der Waals surface area (Å²) < 4.78 is 16.8. The van der Waals surface area contributed by atoms with Crippen LogP contribution in [0.4, 0.5) is 0 Å². The van der Waals surface area contributed by atoms with Gasteiger partial charge in [-0.2, -0.15) is 0 Å². The van der Waals surface area contributed by atoms with E-state index >= 15 is 0 Å². The number of hydrogen-bond donors (Lipinski definition) is 0. The van der Waals surface area contributed by atoms with Gasteiger partial charge in [0.15, 0.2) is 6.10 Å². The molecule has 0 aromatic carbocycles. The van der Waals surface area contributed by atoms with Gasteiger partial charge in [-0.05, 0) is 89.9 Å². The van der Waals surface area contributed by atoms with Crippen molar-refractivity contribution in [3.63, 3.8) is 0 Å². The number of esters is 3. The van der Waals surface area contributed by atoms with Crippen LogP contribution in [-0.2, 0) is 28.6 Å². The number of carbonyl (C=O) groups excluding carboxylic acids is 3. The summed E-state index contributed by atoms with van der Waals surface area (Å²) >= 11 is 0. The maximum absolute atomic E-state index is 12.8. The van der Waals surface area contributed by atoms with E-state index in [-0.39, 0.29) is 31.1 Å². The molecule has 0 aromatic heterocycles. The Labute approximate surface area is 395 Å². The normalized spacial score (nSPS) is 12.7. The second-order valence-corrected chi connectivity index (χ2v) is 17.4. The van der Waals surface area contributed by atoms with Crippen LogP contribution in [0.2, 0.25) is 0 Å². The molecule has 0 amide bonds. The largest absolute Gasteiger partial charge is 0.462 e. The smallest absolute Gasteiger partial charge is 0.306 e. The van der Waals surface area contributed by atoms with E-state index < -0.39 is 6.10 Å². The first-order chi connectivity index (χ1) is 31.5. The van der Waals surface area contributed by atoms with Crippen molar-refractivity contribution in [3.05, 3.63) is 85.1 Å². The van der Waals surface area contributed by atoms with Gasteiger partial charge in [-0.15, -0.1) is 0 Å². The summed E-state index contributed by atoms with van der Waals surface area (Å²) in [6, 6.07) is 0. The molecule has 0 fully saturated rings. The maximum Gasteiger partial charge on any atom is 0.306 e. The highest BCUT2D eigenvalue weighted by Crippen LogP contribution is 2.15. The van der Waals surface area contributed by atoms with Crippen LogP contribution in [0.15, 0.2) is 85.1 Å². The molecule has 0 aliphatic heterocycles. The van der Waals surface area contributed by atoms with Gasteiger partial charge < -0.3 is 14.2 Å². The zero-order valence-electron chi connectivity index (χ0n) is 41.8. The molecule has 6 heteroatoms. The predicted molar refractivity (Wildman–Crippen MR) is 274 cm³/mol. The lowest BCUT2D eigenvalue weighted by molar-refractivity contribution is -0.167. The molecule has 0 heterocycles. The lowest BCUT2D eigenvalue weighted by Crippen LogP contribution is -2.30. The SMILES string of the molecule is CC/C=C\C/C=C\C/C=C\C/C=C\C/C=C\CCCCCC(=O)OCC(COC(=O)CCCCCCCCCCCCCCC)OC(=O)CCCCCCCCC/C=C\C/C=C\CC. The first-order valence-corrected chi connectivity index (χ1v) is 26.6. The summed E-state index contributed by atoms with van der Waals surface area (Å²) in [6.07, 6.45) is 67.1. The fourth-order valence-corrected chi connectivity index (χ4v) is 7.21. The second kappa shape index (κ2) is 52.2. The van der Waals surface area contributed by atoms with Crippen LogP contribution in [0, 0.1) is 0 Å². The molecule has 0 bridgehead atoms. The zero-order chi connectivity index (χ0) is 46.5. The Hall–Kier alpha value is -3.41. The molecule has 0 N–H and O–H groups in total. The lowest BCUT2D eigenvalue weighted by atomic mass is 10.0. The third kappa shape index (κ3) is 49.6. The highest BCUT2D eigenvalue weighted by atomic mass is 16.6. The number of carbonyl (C=O) groups is 3. The summed E-state index contributed by atoms with van der Waals surface area (Å²) in [5, 5.41) is 0. The van der Waals surface area contributed by atoms with Crippen molar-refractivity contribution in [1.82, 2.24) is 0 Å². The van der Waals surface area contributed by atoms with Gasteiger partial charge in [0, 0.05) is 19.3 Å². The standard InChI is InChI=1S/C58H98O6/c1-4-7-10-13-16-19-22-25-27-28-29-30-31-34-36-39-42-45-48-51-57(60)63-54-55(53-62-56(59)50-47-44-41-38-35-32-24-21-18-15-12-9-6-3)64-58(61)52-49-46-43-40-37-33-26-23-20-17-14-11-8-5-2/h7-8,10-11,16-17,19-20,25,27,29-30,34,36,55H,4-6,9,12-15,18,21-24,26,28,31-33,35,37-54H2,1-3H3/b10-7-,11-8-,19-16-,20-17-,27-25-,30-29-,36-34-. The minimum Gasteiger partial charge on any atom is -0.462 e. The highest BCUT2D eigenvalue weighted by molar-refractivity contribution is 5.71. The van der Waals surface area contributed by atoms with E-state index in [1.54, 1.807) is 0 Å². The average Bonchev–Trinajstić information content (AvgIpc) is 3.29. The highest BCUT2D eigenvalue weighted by Gasteiger charge is 2.19. The van der Waals surface area contributed by atoms with Crippen LogP contribution < -0.4 is 0 Å². The molecule has 64 heavy (non-hydrogen) atoms. The van der Waals surface area contributed by atoms with Crippen LogP contribution in [0.25, 0.3) is 0 Å². The molecule has 0 rings (SSSR count). The second-order valence-electron chi connectivity index (χ2n) is 17.4. The molecular formula is C58H98O6. The van der Waals surface area contributed by atoms with Crippen molar-refractivity contribution in [2.45, 2.75) is 252 Å². The van der Waals surface area contributed by atoms with Crippen molar-refractivity contribution in [3.8, 4) is 0 Å². The van der Waals surface area contributed by atoms with Crippen LogP contribution in [-0.4, -0.2) is 37.2 Å². The fourth-order valence-electron chi connectivity index (χ4n) is 7.21. The van der Waals surface area contributed by atoms with E-state index in [4.69, 9.17) is 14.2 Å². The van der Waals surface area contributed by atoms with E-state index in [1.807, 2.05) is 0 Å². The van der Waals surface area contributed by atoms with Crippen molar-refractivity contribution in [1.29, 1.82) is 0 Å². The van der Waals surface area contributed by atoms with Crippen molar-refractivity contribution in [2.24, 2.45) is 0 Å². The number of rotatable bonds is 47. The van der Waals surface area contributed by atoms with Gasteiger partial charge in [-0.25, -0.2) is 0 Å². The van der Waals surface area contributed by atoms with Gasteiger partial charge in [-0.1, -0.05) is 221 Å². The third-order valence-corrected chi connectivity index (χ3v) is 11.1. The number of unbranched alkanes of at least 4 members (excludes halogenated alkanes) is 22. The van der Waals surface area contributed by atoms with E-state index in [1.165, 1.54) is 89.9 Å². The zero-order valence-corrected chi connectivity index (χ0v) is 41.8. The van der Waals surface area contributed by atoms with Crippen molar-refractivity contribution >= 4 is 17.9 Å². The van der Waals surface area contributed by atoms with Crippen LogP contribution in [0.5, 0.6) is 0 Å². The maximum atomic E-state index is 12.8. The summed E-state index contributed by atoms with van der Waals surface area (Å²) in [5.74, 6) is -0.929. The Bertz CT molecular complexity index is 1250. The molecule has 0 aromatic rings. The summed E-state index contributed by atoms with van der Waals surface area (Å²) in [7, 11) is 0. The predicted octanol–water partition coefficient (Wildman–Crippen LogP) is 17.6. The van der Waals surface area contributed by atoms with Gasteiger partial charge in [0.25, 0.3) is 0 Å². The molecule has 0 aliphatic carbocycles. The molecular weight excluding hydrogens is 793 g/mol. The first-order valence-electron chi connectivity index (χ1n) is 26.6. The number of ether oxygens (including phenoxy) is 3. The minimum atomic E-state index is -0.793. The van der Waals surface area contributed by atoms with E-state index in [2.05, 4.69) is 106 Å². The Morgan fingerprint density at radius 1 is 0.328 bits per heavy atom. The molecule has 0 saturated carbocycles. The lowest BCUT2D eigenvalue weighted by Gasteiger charge is -2.18. The summed E-state index contributed by atoms with van der Waals surface area (Å²) in [6.45, 7) is 6.39. The van der Waals surface area contributed by atoms with Crippen molar-refractivity contribution in [2.75, 3.05) is 13.2 Å². The topological polar surface area (TPSA) is 78.9 Å². The molecule has 0 radical (unpaired) electrons. The summed E-state index contributed by atoms with van der Waals surface area (Å²) in [4.78, 5) is 38.0. The van der Waals surface area contributed by atoms with E-state index in [0.29, 0.717) is 19.3 Å². The van der Waals surface area contributed by atoms with E-state index in [0.717, 1.165) is 116 Å². The molecule has 366 valence electrons. The van der Waals surface area contributed by atoms with Gasteiger partial charge in [0.2, 0.25) is 0 Å². The van der Waals surface area contributed by atoms with Crippen LogP contribution in [0.3, 0.4) is 0 Å². The quantitative estimate of drug-likeness (QED) is 0.0262. The monoisotopic (exact) mass is 891 g/mol. The third-order valence-electron chi connectivity index (χ3n) is 11.1. The fraction of sp³-hybridized carbons (Fsp3) is 0.707. The van der Waals surface area contributed by atoms with Crippen LogP contribution in [0.1, 0.15) is 245 Å². The molecule has 1 unspecified atom stereocenters. The summed E-state index contributed by atoms with van der Waals surface area (Å²) in [5.41, 5.74) is 0. The average molecular weight is 891 g/mol. The molecule has 6 nitrogen and oxygen atoms in total. The Kier molecular flexibility index (Phi) is 49.4. The molecule has 0 spiro atoms. The van der Waals surface area contributed by atoms with Gasteiger partial charge >= 0.3 is 17.9 Å². The Balaban J connectivity index is 4.44. The van der Waals surface area contributed by atoms with Crippen LogP contribution >= 0.6 is 0 Å². The first kappa shape index (κ1) is 60.6. The van der Waals surface area contributed by atoms with Gasteiger partial charge in [0.1, 0.15) is 13.2 Å². The molecule has 1 atom stereocenters. The van der Waals surface area contributed by atoms with Gasteiger partial charge in [0.05, 0.1) is 0 Å². The molecule has 0 saturated heterocycles. The Morgan fingerprint density at radius 2 is 0.609 bits per heavy atom.